The van der Waals surface area contributed by atoms with E-state index in [4.69, 9.17) is 14.2 Å². The average Bonchev–Trinajstić information content (AvgIpc) is 2.49. The number of benzene rings is 1. The van der Waals surface area contributed by atoms with Gasteiger partial charge in [0.25, 0.3) is 0 Å². The predicted molar refractivity (Wildman–Crippen MR) is 75.9 cm³/mol. The van der Waals surface area contributed by atoms with Crippen LogP contribution in [0.15, 0.2) is 24.3 Å². The minimum absolute atomic E-state index is 0.329. The molecule has 1 fully saturated rings. The number of rotatable bonds is 7. The Bertz CT molecular complexity index is 393. The molecule has 1 N–H and O–H groups in total. The van der Waals surface area contributed by atoms with Crippen LogP contribution < -0.4 is 4.74 Å². The van der Waals surface area contributed by atoms with Crippen molar-refractivity contribution in [1.82, 2.24) is 4.90 Å². The van der Waals surface area contributed by atoms with Crippen LogP contribution in [0.25, 0.3) is 0 Å². The summed E-state index contributed by atoms with van der Waals surface area (Å²) < 4.78 is 16.1. The smallest absolute Gasteiger partial charge is 0.124 e. The molecule has 1 aromatic carbocycles. The Hall–Kier alpha value is -1.14. The maximum Gasteiger partial charge on any atom is 0.124 e. The zero-order chi connectivity index (χ0) is 14.2. The molecule has 1 aromatic rings. The van der Waals surface area contributed by atoms with E-state index in [1.807, 2.05) is 24.3 Å². The van der Waals surface area contributed by atoms with Crippen LogP contribution in [0, 0.1) is 0 Å². The summed E-state index contributed by atoms with van der Waals surface area (Å²) in [5, 5.41) is 9.97. The van der Waals surface area contributed by atoms with Crippen LogP contribution in [0.2, 0.25) is 0 Å². The largest absolute Gasteiger partial charge is 0.496 e. The summed E-state index contributed by atoms with van der Waals surface area (Å²) in [6, 6.07) is 7.75. The van der Waals surface area contributed by atoms with E-state index in [0.29, 0.717) is 19.8 Å². The lowest BCUT2D eigenvalue weighted by molar-refractivity contribution is -0.0177. The summed E-state index contributed by atoms with van der Waals surface area (Å²) >= 11 is 0. The second-order valence-corrected chi connectivity index (χ2v) is 4.89. The van der Waals surface area contributed by atoms with Gasteiger partial charge in [-0.2, -0.15) is 0 Å². The minimum atomic E-state index is -0.470. The van der Waals surface area contributed by atoms with E-state index in [-0.39, 0.29) is 0 Å². The number of aliphatic hydroxyl groups is 1. The van der Waals surface area contributed by atoms with Crippen LogP contribution in [-0.2, 0) is 16.1 Å². The Labute approximate surface area is 120 Å². The number of ether oxygens (including phenoxy) is 3. The van der Waals surface area contributed by atoms with Crippen molar-refractivity contribution in [2.24, 2.45) is 0 Å². The van der Waals surface area contributed by atoms with E-state index < -0.39 is 6.10 Å². The quantitative estimate of drug-likeness (QED) is 0.805. The third kappa shape index (κ3) is 4.76. The number of methoxy groups -OCH3 is 1. The second kappa shape index (κ2) is 8.21. The molecule has 2 rings (SSSR count). The fourth-order valence-electron chi connectivity index (χ4n) is 2.26. The molecule has 0 aromatic heterocycles. The summed E-state index contributed by atoms with van der Waals surface area (Å²) in [5.41, 5.74) is 0.994. The second-order valence-electron chi connectivity index (χ2n) is 4.89. The highest BCUT2D eigenvalue weighted by molar-refractivity contribution is 5.32. The summed E-state index contributed by atoms with van der Waals surface area (Å²) in [4.78, 5) is 2.20. The summed E-state index contributed by atoms with van der Waals surface area (Å²) in [6.45, 7) is 4.66. The maximum absolute atomic E-state index is 9.97. The molecule has 1 aliphatic heterocycles. The molecule has 0 spiro atoms. The molecule has 5 heteroatoms. The third-order valence-corrected chi connectivity index (χ3v) is 3.33. The number of para-hydroxylation sites is 1. The molecule has 112 valence electrons. The molecule has 0 unspecified atom stereocenters. The predicted octanol–water partition coefficient (Wildman–Crippen LogP) is 0.905. The van der Waals surface area contributed by atoms with Crippen molar-refractivity contribution in [2.45, 2.75) is 12.7 Å². The van der Waals surface area contributed by atoms with Crippen molar-refractivity contribution in [1.29, 1.82) is 0 Å². The molecule has 0 saturated carbocycles. The lowest BCUT2D eigenvalue weighted by Crippen LogP contribution is -2.42. The van der Waals surface area contributed by atoms with Crippen molar-refractivity contribution in [2.75, 3.05) is 46.6 Å². The van der Waals surface area contributed by atoms with Gasteiger partial charge in [0.05, 0.1) is 39.6 Å². The van der Waals surface area contributed by atoms with Crippen LogP contribution in [-0.4, -0.2) is 62.7 Å². The monoisotopic (exact) mass is 281 g/mol. The van der Waals surface area contributed by atoms with E-state index in [1.54, 1.807) is 7.11 Å². The van der Waals surface area contributed by atoms with E-state index in [9.17, 15) is 5.11 Å². The third-order valence-electron chi connectivity index (χ3n) is 3.33. The normalized spacial score (nSPS) is 17.9. The Morgan fingerprint density at radius 2 is 2.05 bits per heavy atom. The molecule has 0 amide bonds. The first-order valence-electron chi connectivity index (χ1n) is 6.97. The highest BCUT2D eigenvalue weighted by atomic mass is 16.5. The van der Waals surface area contributed by atoms with Gasteiger partial charge in [0.15, 0.2) is 0 Å². The number of hydrogen-bond donors (Lipinski definition) is 1. The van der Waals surface area contributed by atoms with Gasteiger partial charge in [-0.1, -0.05) is 18.2 Å². The van der Waals surface area contributed by atoms with Gasteiger partial charge in [-0.3, -0.25) is 4.90 Å². The summed E-state index contributed by atoms with van der Waals surface area (Å²) in [5.74, 6) is 0.815. The Morgan fingerprint density at radius 1 is 1.30 bits per heavy atom. The fourth-order valence-corrected chi connectivity index (χ4v) is 2.26. The van der Waals surface area contributed by atoms with Gasteiger partial charge in [-0.05, 0) is 6.07 Å². The molecular weight excluding hydrogens is 258 g/mol. The van der Waals surface area contributed by atoms with Crippen LogP contribution in [0.3, 0.4) is 0 Å². The topological polar surface area (TPSA) is 51.2 Å². The molecule has 1 heterocycles. The van der Waals surface area contributed by atoms with Crippen molar-refractivity contribution < 1.29 is 19.3 Å². The van der Waals surface area contributed by atoms with E-state index in [2.05, 4.69) is 4.90 Å². The van der Waals surface area contributed by atoms with Crippen LogP contribution >= 0.6 is 0 Å². The van der Waals surface area contributed by atoms with Gasteiger partial charge >= 0.3 is 0 Å². The molecular formula is C15H23NO4. The highest BCUT2D eigenvalue weighted by Gasteiger charge is 2.15. The molecule has 0 bridgehead atoms. The zero-order valence-electron chi connectivity index (χ0n) is 12.0. The van der Waals surface area contributed by atoms with Gasteiger partial charge in [0, 0.05) is 25.2 Å². The van der Waals surface area contributed by atoms with Gasteiger partial charge in [-0.15, -0.1) is 0 Å². The Balaban J connectivity index is 1.69. The summed E-state index contributed by atoms with van der Waals surface area (Å²) in [6.07, 6.45) is -0.470. The first-order valence-corrected chi connectivity index (χ1v) is 6.97. The van der Waals surface area contributed by atoms with E-state index in [1.165, 1.54) is 0 Å². The molecule has 1 atom stereocenters. The number of hydrogen-bond acceptors (Lipinski definition) is 5. The highest BCUT2D eigenvalue weighted by Crippen LogP contribution is 2.18. The molecule has 20 heavy (non-hydrogen) atoms. The average molecular weight is 281 g/mol. The fraction of sp³-hybridized carbons (Fsp3) is 0.600. The Morgan fingerprint density at radius 3 is 2.80 bits per heavy atom. The van der Waals surface area contributed by atoms with E-state index in [0.717, 1.165) is 37.6 Å². The lowest BCUT2D eigenvalue weighted by atomic mass is 10.2. The number of β-amino-alcohol motifs (C(OH)–C–C–N with tert-alkyl or cyclic N) is 1. The van der Waals surface area contributed by atoms with Crippen LogP contribution in [0.4, 0.5) is 0 Å². The van der Waals surface area contributed by atoms with Gasteiger partial charge in [-0.25, -0.2) is 0 Å². The molecule has 1 aliphatic rings. The van der Waals surface area contributed by atoms with Crippen molar-refractivity contribution in [3.8, 4) is 5.75 Å². The summed E-state index contributed by atoms with van der Waals surface area (Å²) in [7, 11) is 1.64. The van der Waals surface area contributed by atoms with Crippen molar-refractivity contribution >= 4 is 0 Å². The number of nitrogens with zero attached hydrogens (tertiary/aromatic N) is 1. The van der Waals surface area contributed by atoms with E-state index >= 15 is 0 Å². The number of aliphatic hydroxyl groups excluding tert-OH is 1. The first kappa shape index (κ1) is 15.3. The Kier molecular flexibility index (Phi) is 6.26. The van der Waals surface area contributed by atoms with Crippen LogP contribution in [0.1, 0.15) is 5.56 Å². The van der Waals surface area contributed by atoms with Crippen LogP contribution in [0.5, 0.6) is 5.75 Å². The first-order chi connectivity index (χ1) is 9.79. The lowest BCUT2D eigenvalue weighted by Gasteiger charge is -2.28. The van der Waals surface area contributed by atoms with Crippen molar-refractivity contribution in [3.63, 3.8) is 0 Å². The minimum Gasteiger partial charge on any atom is -0.496 e. The molecule has 0 radical (unpaired) electrons. The van der Waals surface area contributed by atoms with Gasteiger partial charge in [0.1, 0.15) is 5.75 Å². The standard InChI is InChI=1S/C15H23NO4/c1-18-15-5-3-2-4-13(15)11-20-12-14(17)10-16-6-8-19-9-7-16/h2-5,14,17H,6-12H2,1H3/t14-/m1/s1. The molecule has 5 nitrogen and oxygen atoms in total. The number of morpholine rings is 1. The van der Waals surface area contributed by atoms with Gasteiger partial charge in [0.2, 0.25) is 0 Å². The van der Waals surface area contributed by atoms with Gasteiger partial charge < -0.3 is 19.3 Å². The molecule has 0 aliphatic carbocycles. The SMILES string of the molecule is COc1ccccc1COC[C@H](O)CN1CCOCC1. The zero-order valence-corrected chi connectivity index (χ0v) is 12.0. The van der Waals surface area contributed by atoms with Crippen molar-refractivity contribution in [3.05, 3.63) is 29.8 Å². The maximum atomic E-state index is 9.97. The molecule has 1 saturated heterocycles.